The Hall–Kier alpha value is -2.34. The Kier molecular flexibility index (Phi) is 4.37. The molecule has 0 aliphatic carbocycles. The van der Waals surface area contributed by atoms with Crippen LogP contribution >= 0.6 is 0 Å². The molecule has 106 valence electrons. The first-order valence-electron chi connectivity index (χ1n) is 6.02. The molecule has 0 bridgehead atoms. The van der Waals surface area contributed by atoms with E-state index in [-0.39, 0.29) is 0 Å². The minimum atomic E-state index is -0.460. The summed E-state index contributed by atoms with van der Waals surface area (Å²) in [5.41, 5.74) is 7.64. The van der Waals surface area contributed by atoms with E-state index >= 15 is 0 Å². The van der Waals surface area contributed by atoms with Crippen molar-refractivity contribution in [1.82, 2.24) is 9.97 Å². The molecule has 1 unspecified atom stereocenters. The molecule has 2 rings (SSSR count). The van der Waals surface area contributed by atoms with E-state index in [4.69, 9.17) is 19.9 Å². The molecule has 20 heavy (non-hydrogen) atoms. The standard InChI is InChI=1S/C14H17N3O3/c1-18-11-7-13(20-3)12(19-2)6-9(11)14(15)10-8-16-4-5-17-10/h4-8,14H,15H2,1-3H3. The monoisotopic (exact) mass is 275 g/mol. The average molecular weight is 275 g/mol. The van der Waals surface area contributed by atoms with Gasteiger partial charge in [0.25, 0.3) is 0 Å². The van der Waals surface area contributed by atoms with E-state index in [0.29, 0.717) is 22.9 Å². The van der Waals surface area contributed by atoms with Crippen molar-refractivity contribution in [3.05, 3.63) is 42.0 Å². The van der Waals surface area contributed by atoms with Crippen LogP contribution in [0.15, 0.2) is 30.7 Å². The van der Waals surface area contributed by atoms with Crippen LogP contribution in [0.5, 0.6) is 17.2 Å². The third-order valence-corrected chi connectivity index (χ3v) is 2.97. The van der Waals surface area contributed by atoms with Gasteiger partial charge in [0.15, 0.2) is 11.5 Å². The topological polar surface area (TPSA) is 79.5 Å². The second-order valence-corrected chi connectivity index (χ2v) is 4.06. The van der Waals surface area contributed by atoms with Gasteiger partial charge in [-0.05, 0) is 6.07 Å². The second kappa shape index (κ2) is 6.21. The van der Waals surface area contributed by atoms with Gasteiger partial charge in [-0.1, -0.05) is 0 Å². The number of rotatable bonds is 5. The van der Waals surface area contributed by atoms with E-state index in [1.54, 1.807) is 52.1 Å². The smallest absolute Gasteiger partial charge is 0.164 e. The summed E-state index contributed by atoms with van der Waals surface area (Å²) in [5.74, 6) is 1.78. The van der Waals surface area contributed by atoms with Gasteiger partial charge in [0.05, 0.1) is 39.3 Å². The van der Waals surface area contributed by atoms with E-state index in [1.165, 1.54) is 0 Å². The van der Waals surface area contributed by atoms with Gasteiger partial charge in [-0.25, -0.2) is 0 Å². The third kappa shape index (κ3) is 2.65. The van der Waals surface area contributed by atoms with Crippen molar-refractivity contribution in [1.29, 1.82) is 0 Å². The van der Waals surface area contributed by atoms with Gasteiger partial charge in [-0.3, -0.25) is 9.97 Å². The molecular formula is C14H17N3O3. The summed E-state index contributed by atoms with van der Waals surface area (Å²) in [7, 11) is 4.72. The molecule has 0 fully saturated rings. The van der Waals surface area contributed by atoms with Crippen molar-refractivity contribution in [3.8, 4) is 17.2 Å². The number of aromatic nitrogens is 2. The van der Waals surface area contributed by atoms with Crippen LogP contribution in [-0.2, 0) is 0 Å². The predicted molar refractivity (Wildman–Crippen MR) is 74.2 cm³/mol. The fourth-order valence-electron chi connectivity index (χ4n) is 1.93. The van der Waals surface area contributed by atoms with Gasteiger partial charge < -0.3 is 19.9 Å². The third-order valence-electron chi connectivity index (χ3n) is 2.97. The van der Waals surface area contributed by atoms with Gasteiger partial charge in [0.2, 0.25) is 0 Å². The highest BCUT2D eigenvalue weighted by molar-refractivity contribution is 5.53. The van der Waals surface area contributed by atoms with Crippen molar-refractivity contribution in [2.24, 2.45) is 5.73 Å². The lowest BCUT2D eigenvalue weighted by atomic mass is 10.0. The number of nitrogens with zero attached hydrogens (tertiary/aromatic N) is 2. The molecule has 6 heteroatoms. The van der Waals surface area contributed by atoms with Crippen LogP contribution in [0.2, 0.25) is 0 Å². The van der Waals surface area contributed by atoms with Crippen LogP contribution < -0.4 is 19.9 Å². The zero-order valence-corrected chi connectivity index (χ0v) is 11.7. The summed E-state index contributed by atoms with van der Waals surface area (Å²) < 4.78 is 15.9. The number of hydrogen-bond acceptors (Lipinski definition) is 6. The molecule has 6 nitrogen and oxygen atoms in total. The van der Waals surface area contributed by atoms with E-state index in [9.17, 15) is 0 Å². The zero-order valence-electron chi connectivity index (χ0n) is 11.7. The fraction of sp³-hybridized carbons (Fsp3) is 0.286. The van der Waals surface area contributed by atoms with Crippen LogP contribution in [0, 0.1) is 0 Å². The molecule has 0 saturated heterocycles. The highest BCUT2D eigenvalue weighted by Crippen LogP contribution is 2.38. The van der Waals surface area contributed by atoms with Crippen LogP contribution in [0.4, 0.5) is 0 Å². The lowest BCUT2D eigenvalue weighted by Gasteiger charge is -2.18. The maximum atomic E-state index is 6.23. The molecule has 0 saturated carbocycles. The number of methoxy groups -OCH3 is 3. The number of hydrogen-bond donors (Lipinski definition) is 1. The average Bonchev–Trinajstić information content (AvgIpc) is 2.53. The summed E-state index contributed by atoms with van der Waals surface area (Å²) in [6.07, 6.45) is 4.82. The molecule has 0 radical (unpaired) electrons. The van der Waals surface area contributed by atoms with Gasteiger partial charge in [-0.2, -0.15) is 0 Å². The van der Waals surface area contributed by atoms with Gasteiger partial charge in [-0.15, -0.1) is 0 Å². The van der Waals surface area contributed by atoms with Crippen LogP contribution in [0.3, 0.4) is 0 Å². The number of benzene rings is 1. The highest BCUT2D eigenvalue weighted by atomic mass is 16.5. The fourth-order valence-corrected chi connectivity index (χ4v) is 1.93. The molecule has 0 aliphatic rings. The molecule has 2 aromatic rings. The molecule has 0 spiro atoms. The van der Waals surface area contributed by atoms with Gasteiger partial charge in [0.1, 0.15) is 5.75 Å². The predicted octanol–water partition coefficient (Wildman–Crippen LogP) is 1.55. The van der Waals surface area contributed by atoms with E-state index < -0.39 is 6.04 Å². The summed E-state index contributed by atoms with van der Waals surface area (Å²) in [5, 5.41) is 0. The Labute approximate surface area is 117 Å². The summed E-state index contributed by atoms with van der Waals surface area (Å²) >= 11 is 0. The second-order valence-electron chi connectivity index (χ2n) is 4.06. The molecule has 2 N–H and O–H groups in total. The van der Waals surface area contributed by atoms with E-state index in [0.717, 1.165) is 5.56 Å². The Morgan fingerprint density at radius 2 is 1.60 bits per heavy atom. The molecule has 0 aliphatic heterocycles. The Morgan fingerprint density at radius 1 is 0.950 bits per heavy atom. The quantitative estimate of drug-likeness (QED) is 0.891. The largest absolute Gasteiger partial charge is 0.496 e. The highest BCUT2D eigenvalue weighted by Gasteiger charge is 2.19. The molecule has 1 aromatic heterocycles. The summed E-state index contributed by atoms with van der Waals surface area (Å²) in [6.45, 7) is 0. The van der Waals surface area contributed by atoms with Crippen molar-refractivity contribution in [2.75, 3.05) is 21.3 Å². The molecule has 0 amide bonds. The van der Waals surface area contributed by atoms with Crippen molar-refractivity contribution < 1.29 is 14.2 Å². The summed E-state index contributed by atoms with van der Waals surface area (Å²) in [6, 6.07) is 3.07. The first-order valence-corrected chi connectivity index (χ1v) is 6.02. The minimum absolute atomic E-state index is 0.460. The van der Waals surface area contributed by atoms with Gasteiger partial charge >= 0.3 is 0 Å². The van der Waals surface area contributed by atoms with E-state index in [1.807, 2.05) is 0 Å². The van der Waals surface area contributed by atoms with Crippen molar-refractivity contribution in [2.45, 2.75) is 6.04 Å². The minimum Gasteiger partial charge on any atom is -0.496 e. The first-order chi connectivity index (χ1) is 9.71. The maximum absolute atomic E-state index is 6.23. The lowest BCUT2D eigenvalue weighted by molar-refractivity contribution is 0.347. The SMILES string of the molecule is COc1cc(OC)c(C(N)c2cnccn2)cc1OC. The van der Waals surface area contributed by atoms with Crippen LogP contribution in [-0.4, -0.2) is 31.3 Å². The van der Waals surface area contributed by atoms with Crippen molar-refractivity contribution in [3.63, 3.8) is 0 Å². The molecular weight excluding hydrogens is 258 g/mol. The lowest BCUT2D eigenvalue weighted by Crippen LogP contribution is -2.15. The number of nitrogens with two attached hydrogens (primary N) is 1. The Morgan fingerprint density at radius 3 is 2.15 bits per heavy atom. The Balaban J connectivity index is 2.49. The van der Waals surface area contributed by atoms with E-state index in [2.05, 4.69) is 9.97 Å². The molecule has 1 aromatic carbocycles. The molecule has 1 heterocycles. The van der Waals surface area contributed by atoms with Crippen LogP contribution in [0.25, 0.3) is 0 Å². The molecule has 1 atom stereocenters. The normalized spacial score (nSPS) is 11.8. The first kappa shape index (κ1) is 14.1. The Bertz CT molecular complexity index is 575. The van der Waals surface area contributed by atoms with Crippen LogP contribution in [0.1, 0.15) is 17.3 Å². The summed E-state index contributed by atoms with van der Waals surface area (Å²) in [4.78, 5) is 8.24. The maximum Gasteiger partial charge on any atom is 0.164 e. The van der Waals surface area contributed by atoms with Crippen molar-refractivity contribution >= 4 is 0 Å². The zero-order chi connectivity index (χ0) is 14.5. The van der Waals surface area contributed by atoms with Gasteiger partial charge in [0, 0.05) is 24.0 Å². The number of ether oxygens (including phenoxy) is 3.